The van der Waals surface area contributed by atoms with E-state index < -0.39 is 65.9 Å². The third-order valence-corrected chi connectivity index (χ3v) is 11.1. The molecule has 1 unspecified atom stereocenters. The topological polar surface area (TPSA) is 187 Å². The zero-order valence-electron chi connectivity index (χ0n) is 32.7. The second kappa shape index (κ2) is 19.8. The first kappa shape index (κ1) is 44.0. The number of carbonyl (C=O) groups is 6. The van der Waals surface area contributed by atoms with Gasteiger partial charge in [0.2, 0.25) is 35.4 Å². The second-order valence-electron chi connectivity index (χ2n) is 16.0. The van der Waals surface area contributed by atoms with E-state index in [0.29, 0.717) is 16.3 Å². The molecule has 0 spiro atoms. The number of hydrogen-bond acceptors (Lipinski definition) is 8. The van der Waals surface area contributed by atoms with Crippen molar-refractivity contribution in [1.29, 1.82) is 0 Å². The van der Waals surface area contributed by atoms with Crippen LogP contribution in [0.15, 0.2) is 24.3 Å². The summed E-state index contributed by atoms with van der Waals surface area (Å²) in [4.78, 5) is 83.3. The van der Waals surface area contributed by atoms with Gasteiger partial charge in [0.05, 0.1) is 17.5 Å². The Morgan fingerprint density at radius 2 is 1.04 bits per heavy atom. The van der Waals surface area contributed by atoms with Gasteiger partial charge in [0.15, 0.2) is 0 Å². The predicted octanol–water partition coefficient (Wildman–Crippen LogP) is 2.51. The quantitative estimate of drug-likeness (QED) is 0.210. The summed E-state index contributed by atoms with van der Waals surface area (Å²) in [5, 5.41) is 21.0. The first-order valence-corrected chi connectivity index (χ1v) is 20.2. The fourth-order valence-electron chi connectivity index (χ4n) is 6.36. The Morgan fingerprint density at radius 3 is 1.55 bits per heavy atom. The van der Waals surface area contributed by atoms with Crippen LogP contribution in [0.4, 0.5) is 0 Å². The number of rotatable bonds is 8. The summed E-state index contributed by atoms with van der Waals surface area (Å²) in [5.41, 5.74) is 0.715. The van der Waals surface area contributed by atoms with Gasteiger partial charge in [-0.1, -0.05) is 93.0 Å². The van der Waals surface area contributed by atoms with E-state index in [9.17, 15) is 28.8 Å². The van der Waals surface area contributed by atoms with Crippen LogP contribution >= 0.6 is 23.4 Å². The molecule has 2 bridgehead atoms. The number of nitrogens with one attached hydrogen (secondary N) is 7. The zero-order chi connectivity index (χ0) is 39.7. The monoisotopic (exact) mass is 777 g/mol. The largest absolute Gasteiger partial charge is 0.349 e. The van der Waals surface area contributed by atoms with Crippen LogP contribution in [-0.4, -0.2) is 88.9 Å². The lowest BCUT2D eigenvalue weighted by Gasteiger charge is -2.32. The van der Waals surface area contributed by atoms with Gasteiger partial charge in [-0.3, -0.25) is 34.1 Å². The van der Waals surface area contributed by atoms with E-state index in [1.165, 1.54) is 11.8 Å². The Balaban J connectivity index is 2.08. The molecule has 0 aromatic heterocycles. The number of benzene rings is 1. The van der Waals surface area contributed by atoms with Gasteiger partial charge in [-0.2, -0.15) is 0 Å². The van der Waals surface area contributed by atoms with Crippen LogP contribution in [0.5, 0.6) is 0 Å². The van der Waals surface area contributed by atoms with Crippen molar-refractivity contribution in [3.8, 4) is 0 Å². The van der Waals surface area contributed by atoms with E-state index >= 15 is 0 Å². The van der Waals surface area contributed by atoms with Gasteiger partial charge in [-0.15, -0.1) is 11.8 Å². The van der Waals surface area contributed by atoms with E-state index in [2.05, 4.69) is 37.2 Å². The first-order chi connectivity index (χ1) is 24.8. The molecule has 53 heavy (non-hydrogen) atoms. The van der Waals surface area contributed by atoms with Crippen LogP contribution in [0.2, 0.25) is 5.02 Å². The van der Waals surface area contributed by atoms with Crippen molar-refractivity contribution in [2.45, 2.75) is 130 Å². The number of halogens is 1. The Bertz CT molecular complexity index is 1460. The molecule has 6 amide bonds. The minimum absolute atomic E-state index is 0.0262. The van der Waals surface area contributed by atoms with Gasteiger partial charge in [-0.05, 0) is 53.7 Å². The second-order valence-corrected chi connectivity index (χ2v) is 17.6. The van der Waals surface area contributed by atoms with Gasteiger partial charge in [-0.25, -0.2) is 0 Å². The summed E-state index contributed by atoms with van der Waals surface area (Å²) >= 11 is 7.61. The van der Waals surface area contributed by atoms with Crippen LogP contribution in [0.1, 0.15) is 81.2 Å². The molecule has 0 radical (unpaired) electrons. The van der Waals surface area contributed by atoms with Gasteiger partial charge in [0.25, 0.3) is 0 Å². The lowest BCUT2D eigenvalue weighted by molar-refractivity contribution is -0.136. The lowest BCUT2D eigenvalue weighted by Crippen LogP contribution is -2.61. The number of hydrogen-bond donors (Lipinski definition) is 7. The molecule has 7 N–H and O–H groups in total. The molecule has 0 saturated carbocycles. The van der Waals surface area contributed by atoms with E-state index in [1.54, 1.807) is 52.0 Å². The van der Waals surface area contributed by atoms with Crippen LogP contribution in [0.3, 0.4) is 0 Å². The molecule has 13 nitrogen and oxygen atoms in total. The van der Waals surface area contributed by atoms with Crippen LogP contribution in [0.25, 0.3) is 0 Å². The van der Waals surface area contributed by atoms with Gasteiger partial charge < -0.3 is 31.9 Å². The molecule has 15 heteroatoms. The average molecular weight is 778 g/mol. The predicted molar refractivity (Wildman–Crippen MR) is 209 cm³/mol. The maximum Gasteiger partial charge on any atom is 0.243 e. The van der Waals surface area contributed by atoms with Crippen molar-refractivity contribution in [1.82, 2.24) is 37.2 Å². The molecule has 2 heterocycles. The summed E-state index contributed by atoms with van der Waals surface area (Å²) in [7, 11) is 0. The number of thioether (sulfide) groups is 1. The van der Waals surface area contributed by atoms with Crippen LogP contribution in [0, 0.1) is 29.6 Å². The first-order valence-electron chi connectivity index (χ1n) is 18.7. The minimum Gasteiger partial charge on any atom is -0.349 e. The van der Waals surface area contributed by atoms with Crippen molar-refractivity contribution in [3.63, 3.8) is 0 Å². The zero-order valence-corrected chi connectivity index (χ0v) is 34.2. The standard InChI is InChI=1S/C38H60ClN7O6S/c1-18(2)15-25-33(48)43-29(20(5)6)36(51)45-30(21(7)8)37(52)46-31(22(9)10)38-42-27(17-53-38)34(49)44-28(19(3)4)35(50)41-26(32(47)40-25)16-23-11-13-24(39)14-12-23/h11-14,18-22,25-31,38,42H,15-17H2,1-10H3,(H,40,47)(H,41,50)(H,43,48)(H,44,49)(H,45,51)(H,46,52)/t25-,26+,27+,28-,29+,30-,31+,38?/m1/s1. The Kier molecular flexibility index (Phi) is 16.5. The summed E-state index contributed by atoms with van der Waals surface area (Å²) < 4.78 is 0. The lowest BCUT2D eigenvalue weighted by atomic mass is 9.97. The van der Waals surface area contributed by atoms with Crippen molar-refractivity contribution in [2.24, 2.45) is 29.6 Å². The van der Waals surface area contributed by atoms with Crippen LogP contribution in [-0.2, 0) is 35.2 Å². The summed E-state index contributed by atoms with van der Waals surface area (Å²) in [5.74, 6) is -3.65. The smallest absolute Gasteiger partial charge is 0.243 e. The fraction of sp³-hybridized carbons (Fsp3) is 0.684. The molecule has 8 atom stereocenters. The van der Waals surface area contributed by atoms with Crippen molar-refractivity contribution >= 4 is 58.8 Å². The van der Waals surface area contributed by atoms with E-state index in [-0.39, 0.29) is 59.6 Å². The Hall–Kier alpha value is -3.36. The molecule has 2 aliphatic rings. The maximum absolute atomic E-state index is 14.1. The summed E-state index contributed by atoms with van der Waals surface area (Å²) in [6.45, 7) is 18.6. The highest BCUT2D eigenvalue weighted by Gasteiger charge is 2.40. The van der Waals surface area contributed by atoms with Gasteiger partial charge in [0.1, 0.15) is 30.2 Å². The molecule has 1 aromatic carbocycles. The maximum atomic E-state index is 14.1. The number of carbonyl (C=O) groups excluding carboxylic acids is 6. The van der Waals surface area contributed by atoms with E-state index in [4.69, 9.17) is 11.6 Å². The Morgan fingerprint density at radius 1 is 0.585 bits per heavy atom. The molecule has 1 aromatic rings. The van der Waals surface area contributed by atoms with Gasteiger partial charge >= 0.3 is 0 Å². The molecule has 3 rings (SSSR count). The van der Waals surface area contributed by atoms with Crippen molar-refractivity contribution < 1.29 is 28.8 Å². The number of fused-ring (bicyclic) bond motifs is 2. The van der Waals surface area contributed by atoms with Crippen molar-refractivity contribution in [3.05, 3.63) is 34.9 Å². The molecule has 2 aliphatic heterocycles. The average Bonchev–Trinajstić information content (AvgIpc) is 3.56. The highest BCUT2D eigenvalue weighted by Crippen LogP contribution is 2.26. The minimum atomic E-state index is -1.12. The molecular weight excluding hydrogens is 718 g/mol. The Labute approximate surface area is 323 Å². The third kappa shape index (κ3) is 12.6. The summed E-state index contributed by atoms with van der Waals surface area (Å²) in [6, 6.07) is 0.747. The van der Waals surface area contributed by atoms with E-state index in [1.807, 2.05) is 41.5 Å². The van der Waals surface area contributed by atoms with Crippen LogP contribution < -0.4 is 37.2 Å². The van der Waals surface area contributed by atoms with Gasteiger partial charge in [0, 0.05) is 17.2 Å². The highest BCUT2D eigenvalue weighted by molar-refractivity contribution is 8.00. The fourth-order valence-corrected chi connectivity index (χ4v) is 7.98. The molecule has 0 aliphatic carbocycles. The van der Waals surface area contributed by atoms with Crippen molar-refractivity contribution in [2.75, 3.05) is 5.75 Å². The highest BCUT2D eigenvalue weighted by atomic mass is 35.5. The third-order valence-electron chi connectivity index (χ3n) is 9.54. The normalized spacial score (nSPS) is 28.7. The van der Waals surface area contributed by atoms with E-state index in [0.717, 1.165) is 0 Å². The SMILES string of the molecule is CC(C)C[C@H]1NC(=O)[C@H](Cc2ccc(Cl)cc2)NC(=O)[C@@H](C(C)C)NC(=O)[C@@H]2CSC(N2)[C@H](C(C)C)NC(=O)[C@@H](C(C)C)NC(=O)[C@H](C(C)C)NC1=O. The molecular formula is C38H60ClN7O6S. The summed E-state index contributed by atoms with van der Waals surface area (Å²) in [6.07, 6.45) is 0.328. The number of amides is 6. The molecule has 2 fully saturated rings. The molecule has 296 valence electrons. The molecule has 2 saturated heterocycles.